The van der Waals surface area contributed by atoms with Crippen molar-refractivity contribution in [3.8, 4) is 18.2 Å². The van der Waals surface area contributed by atoms with Gasteiger partial charge in [0, 0.05) is 12.8 Å². The van der Waals surface area contributed by atoms with E-state index in [1.54, 1.807) is 18.2 Å². The van der Waals surface area contributed by atoms with E-state index in [2.05, 4.69) is 0 Å². The second-order valence-corrected chi connectivity index (χ2v) is 2.80. The van der Waals surface area contributed by atoms with E-state index < -0.39 is 11.4 Å². The minimum Gasteiger partial charge on any atom is -0.548 e. The smallest absolute Gasteiger partial charge is 0.548 e. The Kier molecular flexibility index (Phi) is 9.02. The summed E-state index contributed by atoms with van der Waals surface area (Å²) >= 11 is 0. The molecule has 0 fully saturated rings. The van der Waals surface area contributed by atoms with E-state index in [9.17, 15) is 9.90 Å². The Bertz CT molecular complexity index is 317. The average Bonchev–Trinajstić information content (AvgIpc) is 2.18. The third-order valence-corrected chi connectivity index (χ3v) is 1.93. The number of carbonyl (C=O) groups is 1. The molecule has 0 radical (unpaired) electrons. The Hall–Kier alpha value is -1.06. The van der Waals surface area contributed by atoms with Gasteiger partial charge in [-0.2, -0.15) is 15.8 Å². The van der Waals surface area contributed by atoms with Gasteiger partial charge in [-0.1, -0.05) is 0 Å². The van der Waals surface area contributed by atoms with Crippen LogP contribution >= 0.6 is 0 Å². The van der Waals surface area contributed by atoms with Crippen LogP contribution in [0, 0.1) is 39.4 Å². The fourth-order valence-corrected chi connectivity index (χ4v) is 1.03. The largest absolute Gasteiger partial charge is 1.00 e. The minimum absolute atomic E-state index is 0. The SMILES string of the molecule is N#CCCC(C#N)(CCC#N)C(=O)[O-].[Na+]. The molecule has 0 rings (SSSR count). The number of nitriles is 3. The number of hydrogen-bond acceptors (Lipinski definition) is 5. The summed E-state index contributed by atoms with van der Waals surface area (Å²) in [5.74, 6) is -1.51. The van der Waals surface area contributed by atoms with Crippen molar-refractivity contribution < 1.29 is 39.5 Å². The maximum Gasteiger partial charge on any atom is 1.00 e. The fraction of sp³-hybridized carbons (Fsp3) is 0.556. The molecule has 0 spiro atoms. The topological polar surface area (TPSA) is 112 Å². The summed E-state index contributed by atoms with van der Waals surface area (Å²) in [6.07, 6.45) is -0.256. The van der Waals surface area contributed by atoms with Crippen LogP contribution in [0.25, 0.3) is 0 Å². The van der Waals surface area contributed by atoms with Crippen LogP contribution in [0.5, 0.6) is 0 Å². The molecule has 0 saturated carbocycles. The van der Waals surface area contributed by atoms with Crippen LogP contribution < -0.4 is 34.7 Å². The molecule has 15 heavy (non-hydrogen) atoms. The van der Waals surface area contributed by atoms with Crippen LogP contribution in [0.4, 0.5) is 0 Å². The van der Waals surface area contributed by atoms with Gasteiger partial charge in [0.05, 0.1) is 29.6 Å². The zero-order chi connectivity index (χ0) is 11.0. The number of hydrogen-bond donors (Lipinski definition) is 0. The van der Waals surface area contributed by atoms with Crippen LogP contribution in [0.2, 0.25) is 0 Å². The van der Waals surface area contributed by atoms with E-state index in [1.165, 1.54) is 0 Å². The first kappa shape index (κ1) is 16.4. The normalized spacial score (nSPS) is 8.87. The summed E-state index contributed by atoms with van der Waals surface area (Å²) in [5, 5.41) is 36.0. The van der Waals surface area contributed by atoms with Crippen molar-refractivity contribution in [1.29, 1.82) is 15.8 Å². The van der Waals surface area contributed by atoms with E-state index in [-0.39, 0.29) is 55.2 Å². The van der Waals surface area contributed by atoms with Crippen LogP contribution in [0.1, 0.15) is 25.7 Å². The van der Waals surface area contributed by atoms with Gasteiger partial charge in [-0.15, -0.1) is 0 Å². The first-order valence-corrected chi connectivity index (χ1v) is 3.99. The first-order valence-electron chi connectivity index (χ1n) is 3.99. The second-order valence-electron chi connectivity index (χ2n) is 2.80. The van der Waals surface area contributed by atoms with Gasteiger partial charge in [-0.05, 0) is 12.8 Å². The molecule has 0 N–H and O–H groups in total. The van der Waals surface area contributed by atoms with Gasteiger partial charge in [-0.25, -0.2) is 0 Å². The molecule has 0 aromatic heterocycles. The van der Waals surface area contributed by atoms with Crippen molar-refractivity contribution in [2.24, 2.45) is 5.41 Å². The van der Waals surface area contributed by atoms with Gasteiger partial charge >= 0.3 is 29.6 Å². The monoisotopic (exact) mass is 213 g/mol. The zero-order valence-electron chi connectivity index (χ0n) is 8.49. The molecule has 0 atom stereocenters. The van der Waals surface area contributed by atoms with E-state index in [1.807, 2.05) is 0 Å². The summed E-state index contributed by atoms with van der Waals surface area (Å²) in [5.41, 5.74) is -1.69. The maximum absolute atomic E-state index is 10.7. The van der Waals surface area contributed by atoms with E-state index >= 15 is 0 Å². The molecular formula is C9H8N3NaO2. The molecule has 0 saturated heterocycles. The molecule has 0 heterocycles. The van der Waals surface area contributed by atoms with Gasteiger partial charge in [0.1, 0.15) is 0 Å². The van der Waals surface area contributed by atoms with E-state index in [4.69, 9.17) is 15.8 Å². The van der Waals surface area contributed by atoms with Crippen molar-refractivity contribution in [3.63, 3.8) is 0 Å². The van der Waals surface area contributed by atoms with Crippen LogP contribution in [0.15, 0.2) is 0 Å². The molecule has 72 valence electrons. The average molecular weight is 213 g/mol. The van der Waals surface area contributed by atoms with Gasteiger partial charge in [-0.3, -0.25) is 0 Å². The molecule has 0 amide bonds. The van der Waals surface area contributed by atoms with Crippen molar-refractivity contribution in [2.75, 3.05) is 0 Å². The molecule has 0 aromatic carbocycles. The van der Waals surface area contributed by atoms with Crippen molar-refractivity contribution in [3.05, 3.63) is 0 Å². The number of rotatable bonds is 5. The standard InChI is InChI=1S/C9H9N3O2.Na/c10-5-1-3-9(7-12,8(13)14)4-2-6-11;/h1-4H2,(H,13,14);/q;+1/p-1. The Morgan fingerprint density at radius 1 is 1.13 bits per heavy atom. The van der Waals surface area contributed by atoms with Gasteiger partial charge < -0.3 is 9.90 Å². The van der Waals surface area contributed by atoms with Crippen molar-refractivity contribution in [2.45, 2.75) is 25.7 Å². The Balaban J connectivity index is 0. The number of carboxylic acids is 1. The Morgan fingerprint density at radius 3 is 1.73 bits per heavy atom. The van der Waals surface area contributed by atoms with Crippen molar-refractivity contribution in [1.82, 2.24) is 0 Å². The number of nitrogens with zero attached hydrogens (tertiary/aromatic N) is 3. The molecule has 0 unspecified atom stereocenters. The second kappa shape index (κ2) is 8.26. The third-order valence-electron chi connectivity index (χ3n) is 1.93. The Morgan fingerprint density at radius 2 is 1.53 bits per heavy atom. The summed E-state index contributed by atoms with van der Waals surface area (Å²) in [6.45, 7) is 0. The summed E-state index contributed by atoms with van der Waals surface area (Å²) in [6, 6.07) is 5.15. The summed E-state index contributed by atoms with van der Waals surface area (Å²) in [4.78, 5) is 10.7. The molecule has 0 bridgehead atoms. The zero-order valence-corrected chi connectivity index (χ0v) is 10.5. The van der Waals surface area contributed by atoms with Crippen LogP contribution in [-0.2, 0) is 4.79 Å². The maximum atomic E-state index is 10.7. The number of carbonyl (C=O) groups excluding carboxylic acids is 1. The quantitative estimate of drug-likeness (QED) is 0.448. The van der Waals surface area contributed by atoms with Crippen LogP contribution in [-0.4, -0.2) is 5.97 Å². The third kappa shape index (κ3) is 4.81. The van der Waals surface area contributed by atoms with Crippen LogP contribution in [0.3, 0.4) is 0 Å². The first-order chi connectivity index (χ1) is 6.63. The predicted molar refractivity (Wildman–Crippen MR) is 42.7 cm³/mol. The van der Waals surface area contributed by atoms with E-state index in [0.29, 0.717) is 0 Å². The fourth-order valence-electron chi connectivity index (χ4n) is 1.03. The number of aliphatic carboxylic acids is 1. The summed E-state index contributed by atoms with van der Waals surface area (Å²) in [7, 11) is 0. The molecule has 5 nitrogen and oxygen atoms in total. The molecule has 6 heteroatoms. The summed E-state index contributed by atoms with van der Waals surface area (Å²) < 4.78 is 0. The minimum atomic E-state index is -1.69. The molecule has 0 aliphatic heterocycles. The Labute approximate surface area is 110 Å². The molecule has 0 aliphatic carbocycles. The number of carboxylic acid groups (broad SMARTS) is 1. The van der Waals surface area contributed by atoms with Crippen molar-refractivity contribution >= 4 is 5.97 Å². The van der Waals surface area contributed by atoms with E-state index in [0.717, 1.165) is 0 Å². The van der Waals surface area contributed by atoms with Gasteiger partial charge in [0.2, 0.25) is 0 Å². The van der Waals surface area contributed by atoms with Gasteiger partial charge in [0.15, 0.2) is 0 Å². The predicted octanol–water partition coefficient (Wildman–Crippen LogP) is -3.14. The molecular weight excluding hydrogens is 205 g/mol. The molecule has 0 aliphatic rings. The molecule has 0 aromatic rings. The van der Waals surface area contributed by atoms with Gasteiger partial charge in [0.25, 0.3) is 0 Å².